The summed E-state index contributed by atoms with van der Waals surface area (Å²) in [6.45, 7) is 5.30. The molecule has 3 heteroatoms. The van der Waals surface area contributed by atoms with Gasteiger partial charge in [0.1, 0.15) is 0 Å². The molecule has 2 nitrogen and oxygen atoms in total. The zero-order valence-electron chi connectivity index (χ0n) is 10.4. The van der Waals surface area contributed by atoms with E-state index in [1.807, 2.05) is 0 Å². The van der Waals surface area contributed by atoms with Crippen molar-refractivity contribution in [3.63, 3.8) is 0 Å². The molecule has 0 spiro atoms. The van der Waals surface area contributed by atoms with Crippen molar-refractivity contribution in [2.75, 3.05) is 6.54 Å². The first-order valence-corrected chi connectivity index (χ1v) is 6.67. The molecule has 2 N–H and O–H groups in total. The standard InChI is InChI=1S/C14H20N2S/c1-10(2)9-15-14(17)16-13-8-12(13)11-6-4-3-5-7-11/h3-7,10,12-13H,8-9H2,1-2H3,(H2,15,16,17). The van der Waals surface area contributed by atoms with Crippen molar-refractivity contribution in [1.82, 2.24) is 10.6 Å². The Balaban J connectivity index is 1.75. The summed E-state index contributed by atoms with van der Waals surface area (Å²) in [4.78, 5) is 0. The molecule has 1 aliphatic rings. The Morgan fingerprint density at radius 3 is 2.71 bits per heavy atom. The van der Waals surface area contributed by atoms with Gasteiger partial charge in [-0.3, -0.25) is 0 Å². The van der Waals surface area contributed by atoms with Gasteiger partial charge in [-0.15, -0.1) is 0 Å². The molecule has 1 aromatic carbocycles. The highest BCUT2D eigenvalue weighted by Gasteiger charge is 2.38. The maximum absolute atomic E-state index is 5.27. The van der Waals surface area contributed by atoms with E-state index >= 15 is 0 Å². The lowest BCUT2D eigenvalue weighted by molar-refractivity contribution is 0.618. The Morgan fingerprint density at radius 1 is 1.35 bits per heavy atom. The summed E-state index contributed by atoms with van der Waals surface area (Å²) in [5.41, 5.74) is 1.41. The van der Waals surface area contributed by atoms with Crippen LogP contribution in [-0.2, 0) is 0 Å². The molecule has 1 aromatic rings. The van der Waals surface area contributed by atoms with Crippen molar-refractivity contribution in [2.45, 2.75) is 32.2 Å². The minimum atomic E-state index is 0.518. The van der Waals surface area contributed by atoms with Gasteiger partial charge >= 0.3 is 0 Å². The predicted molar refractivity (Wildman–Crippen MR) is 76.2 cm³/mol. The Bertz CT molecular complexity index is 375. The third-order valence-corrected chi connectivity index (χ3v) is 3.27. The Hall–Kier alpha value is -1.09. The molecular formula is C14H20N2S. The lowest BCUT2D eigenvalue weighted by Crippen LogP contribution is -2.38. The zero-order valence-corrected chi connectivity index (χ0v) is 11.3. The first kappa shape index (κ1) is 12.4. The maximum atomic E-state index is 5.27. The van der Waals surface area contributed by atoms with Crippen LogP contribution < -0.4 is 10.6 Å². The van der Waals surface area contributed by atoms with Crippen LogP contribution in [0.4, 0.5) is 0 Å². The van der Waals surface area contributed by atoms with Crippen LogP contribution >= 0.6 is 12.2 Å². The fourth-order valence-corrected chi connectivity index (χ4v) is 2.17. The third kappa shape index (κ3) is 3.70. The minimum Gasteiger partial charge on any atom is -0.362 e. The molecule has 0 heterocycles. The third-order valence-electron chi connectivity index (χ3n) is 3.01. The summed E-state index contributed by atoms with van der Waals surface area (Å²) in [6.07, 6.45) is 1.19. The number of rotatable bonds is 4. The van der Waals surface area contributed by atoms with E-state index in [2.05, 4.69) is 54.8 Å². The van der Waals surface area contributed by atoms with Crippen LogP contribution in [0.2, 0.25) is 0 Å². The second-order valence-electron chi connectivity index (χ2n) is 5.11. The van der Waals surface area contributed by atoms with Gasteiger partial charge in [-0.2, -0.15) is 0 Å². The maximum Gasteiger partial charge on any atom is 0.166 e. The van der Waals surface area contributed by atoms with Crippen LogP contribution in [-0.4, -0.2) is 17.7 Å². The van der Waals surface area contributed by atoms with Gasteiger partial charge in [-0.25, -0.2) is 0 Å². The summed E-state index contributed by atoms with van der Waals surface area (Å²) in [5, 5.41) is 7.42. The highest BCUT2D eigenvalue weighted by molar-refractivity contribution is 7.80. The lowest BCUT2D eigenvalue weighted by atomic mass is 10.1. The van der Waals surface area contributed by atoms with Crippen LogP contribution in [0.5, 0.6) is 0 Å². The second kappa shape index (κ2) is 5.50. The van der Waals surface area contributed by atoms with Gasteiger partial charge in [0.25, 0.3) is 0 Å². The summed E-state index contributed by atoms with van der Waals surface area (Å²) in [5.74, 6) is 1.26. The molecule has 1 aliphatic carbocycles. The zero-order chi connectivity index (χ0) is 12.3. The summed E-state index contributed by atoms with van der Waals surface area (Å²) < 4.78 is 0. The highest BCUT2D eigenvalue weighted by atomic mass is 32.1. The van der Waals surface area contributed by atoms with E-state index < -0.39 is 0 Å². The quantitative estimate of drug-likeness (QED) is 0.801. The molecule has 0 radical (unpaired) electrons. The predicted octanol–water partition coefficient (Wildman–Crippen LogP) is 2.66. The second-order valence-corrected chi connectivity index (χ2v) is 5.52. The molecule has 17 heavy (non-hydrogen) atoms. The molecule has 0 saturated heterocycles. The topological polar surface area (TPSA) is 24.1 Å². The molecule has 1 fully saturated rings. The van der Waals surface area contributed by atoms with Crippen LogP contribution in [0.3, 0.4) is 0 Å². The normalized spacial score (nSPS) is 22.3. The lowest BCUT2D eigenvalue weighted by Gasteiger charge is -2.12. The number of thiocarbonyl (C=S) groups is 1. The molecule has 2 unspecified atom stereocenters. The van der Waals surface area contributed by atoms with Gasteiger partial charge in [-0.05, 0) is 30.1 Å². The number of hydrogen-bond donors (Lipinski definition) is 2. The van der Waals surface area contributed by atoms with Crippen molar-refractivity contribution < 1.29 is 0 Å². The van der Waals surface area contributed by atoms with Crippen molar-refractivity contribution in [1.29, 1.82) is 0 Å². The first-order chi connectivity index (χ1) is 8.16. The summed E-state index contributed by atoms with van der Waals surface area (Å²) >= 11 is 5.27. The molecule has 92 valence electrons. The molecule has 0 bridgehead atoms. The molecule has 2 atom stereocenters. The Kier molecular flexibility index (Phi) is 4.00. The van der Waals surface area contributed by atoms with E-state index in [1.54, 1.807) is 0 Å². The molecule has 0 amide bonds. The average Bonchev–Trinajstić information content (AvgIpc) is 3.07. The number of benzene rings is 1. The largest absolute Gasteiger partial charge is 0.362 e. The van der Waals surface area contributed by atoms with Crippen molar-refractivity contribution in [2.24, 2.45) is 5.92 Å². The van der Waals surface area contributed by atoms with Gasteiger partial charge in [0, 0.05) is 18.5 Å². The average molecular weight is 248 g/mol. The fraction of sp³-hybridized carbons (Fsp3) is 0.500. The van der Waals surface area contributed by atoms with Gasteiger partial charge in [-0.1, -0.05) is 44.2 Å². The van der Waals surface area contributed by atoms with Crippen molar-refractivity contribution in [3.05, 3.63) is 35.9 Å². The van der Waals surface area contributed by atoms with Crippen molar-refractivity contribution >= 4 is 17.3 Å². The summed E-state index contributed by atoms with van der Waals surface area (Å²) in [6, 6.07) is 11.2. The molecule has 2 rings (SSSR count). The van der Waals surface area contributed by atoms with E-state index in [0.29, 0.717) is 17.9 Å². The smallest absolute Gasteiger partial charge is 0.166 e. The molecule has 1 saturated carbocycles. The summed E-state index contributed by atoms with van der Waals surface area (Å²) in [7, 11) is 0. The Labute approximate surface area is 109 Å². The first-order valence-electron chi connectivity index (χ1n) is 6.26. The monoisotopic (exact) mass is 248 g/mol. The van der Waals surface area contributed by atoms with E-state index in [9.17, 15) is 0 Å². The van der Waals surface area contributed by atoms with Gasteiger partial charge in [0.05, 0.1) is 0 Å². The van der Waals surface area contributed by atoms with E-state index in [4.69, 9.17) is 12.2 Å². The van der Waals surface area contributed by atoms with Gasteiger partial charge in [0.2, 0.25) is 0 Å². The van der Waals surface area contributed by atoms with E-state index in [-0.39, 0.29) is 0 Å². The molecule has 0 aromatic heterocycles. The molecular weight excluding hydrogens is 228 g/mol. The fourth-order valence-electron chi connectivity index (χ4n) is 1.94. The van der Waals surface area contributed by atoms with Crippen LogP contribution in [0.15, 0.2) is 30.3 Å². The van der Waals surface area contributed by atoms with E-state index in [1.165, 1.54) is 12.0 Å². The SMILES string of the molecule is CC(C)CNC(=S)NC1CC1c1ccccc1. The van der Waals surface area contributed by atoms with Crippen molar-refractivity contribution in [3.8, 4) is 0 Å². The van der Waals surface area contributed by atoms with Crippen LogP contribution in [0, 0.1) is 5.92 Å². The Morgan fingerprint density at radius 2 is 2.06 bits per heavy atom. The van der Waals surface area contributed by atoms with E-state index in [0.717, 1.165) is 11.7 Å². The number of nitrogens with one attached hydrogen (secondary N) is 2. The minimum absolute atomic E-state index is 0.518. The highest BCUT2D eigenvalue weighted by Crippen LogP contribution is 2.40. The van der Waals surface area contributed by atoms with Crippen LogP contribution in [0.1, 0.15) is 31.7 Å². The molecule has 0 aliphatic heterocycles. The van der Waals surface area contributed by atoms with Gasteiger partial charge < -0.3 is 10.6 Å². The van der Waals surface area contributed by atoms with Crippen LogP contribution in [0.25, 0.3) is 0 Å². The van der Waals surface area contributed by atoms with Gasteiger partial charge in [0.15, 0.2) is 5.11 Å². The number of hydrogen-bond acceptors (Lipinski definition) is 1.